The maximum atomic E-state index is 12.8. The van der Waals surface area contributed by atoms with Crippen LogP contribution in [0.4, 0.5) is 0 Å². The predicted octanol–water partition coefficient (Wildman–Crippen LogP) is 2.41. The van der Waals surface area contributed by atoms with E-state index in [0.29, 0.717) is 47.7 Å². The van der Waals surface area contributed by atoms with E-state index in [1.807, 2.05) is 18.7 Å². The highest BCUT2D eigenvalue weighted by molar-refractivity contribution is 9.10. The summed E-state index contributed by atoms with van der Waals surface area (Å²) in [5.41, 5.74) is 0.510. The summed E-state index contributed by atoms with van der Waals surface area (Å²) < 4.78 is 11.3. The Balaban J connectivity index is 2.12. The molecule has 0 bridgehead atoms. The van der Waals surface area contributed by atoms with Crippen LogP contribution in [0.1, 0.15) is 24.2 Å². The van der Waals surface area contributed by atoms with Gasteiger partial charge in [-0.3, -0.25) is 9.59 Å². The fourth-order valence-electron chi connectivity index (χ4n) is 2.67. The Kier molecular flexibility index (Phi) is 6.10. The molecule has 0 saturated carbocycles. The van der Waals surface area contributed by atoms with Crippen molar-refractivity contribution in [2.45, 2.75) is 13.8 Å². The minimum Gasteiger partial charge on any atom is -0.495 e. The molecule has 0 radical (unpaired) electrons. The molecule has 0 unspecified atom stereocenters. The third kappa shape index (κ3) is 3.83. The Morgan fingerprint density at radius 1 is 1.00 bits per heavy atom. The molecule has 132 valence electrons. The smallest absolute Gasteiger partial charge is 0.254 e. The lowest BCUT2D eigenvalue weighted by molar-refractivity contribution is -0.135. The molecule has 2 rings (SSSR count). The first-order valence-corrected chi connectivity index (χ1v) is 8.68. The Morgan fingerprint density at radius 2 is 1.46 bits per heavy atom. The van der Waals surface area contributed by atoms with Gasteiger partial charge in [-0.1, -0.05) is 13.8 Å². The van der Waals surface area contributed by atoms with E-state index in [9.17, 15) is 9.59 Å². The number of halogens is 1. The Labute approximate surface area is 150 Å². The fourth-order valence-corrected chi connectivity index (χ4v) is 3.22. The van der Waals surface area contributed by atoms with E-state index in [2.05, 4.69) is 15.9 Å². The number of hydrogen-bond donors (Lipinski definition) is 0. The SMILES string of the molecule is COc1cc(C(=O)N2CCN(C(=O)C(C)C)CC2)cc(OC)c1Br. The zero-order valence-electron chi connectivity index (χ0n) is 14.5. The highest BCUT2D eigenvalue weighted by Gasteiger charge is 2.27. The summed E-state index contributed by atoms with van der Waals surface area (Å²) in [5, 5.41) is 0. The molecule has 1 heterocycles. The molecular formula is C17H23BrN2O4. The zero-order chi connectivity index (χ0) is 17.9. The number of hydrogen-bond acceptors (Lipinski definition) is 4. The van der Waals surface area contributed by atoms with Crippen molar-refractivity contribution in [3.8, 4) is 11.5 Å². The molecule has 1 aliphatic rings. The van der Waals surface area contributed by atoms with Crippen LogP contribution in [0.3, 0.4) is 0 Å². The summed E-state index contributed by atoms with van der Waals surface area (Å²) in [5.74, 6) is 1.12. The van der Waals surface area contributed by atoms with Crippen molar-refractivity contribution in [2.24, 2.45) is 5.92 Å². The highest BCUT2D eigenvalue weighted by Crippen LogP contribution is 2.36. The lowest BCUT2D eigenvalue weighted by atomic mass is 10.1. The topological polar surface area (TPSA) is 59.1 Å². The van der Waals surface area contributed by atoms with Gasteiger partial charge in [0.05, 0.1) is 14.2 Å². The molecule has 0 N–H and O–H groups in total. The predicted molar refractivity (Wildman–Crippen MR) is 94.6 cm³/mol. The number of ether oxygens (including phenoxy) is 2. The average Bonchev–Trinajstić information content (AvgIpc) is 2.60. The van der Waals surface area contributed by atoms with Gasteiger partial charge >= 0.3 is 0 Å². The van der Waals surface area contributed by atoms with Gasteiger partial charge < -0.3 is 19.3 Å². The van der Waals surface area contributed by atoms with Crippen molar-refractivity contribution in [3.63, 3.8) is 0 Å². The van der Waals surface area contributed by atoms with Crippen molar-refractivity contribution in [1.29, 1.82) is 0 Å². The summed E-state index contributed by atoms with van der Waals surface area (Å²) in [7, 11) is 3.09. The van der Waals surface area contributed by atoms with Crippen LogP contribution in [-0.2, 0) is 4.79 Å². The van der Waals surface area contributed by atoms with Crippen LogP contribution >= 0.6 is 15.9 Å². The molecule has 1 saturated heterocycles. The molecular weight excluding hydrogens is 376 g/mol. The lowest BCUT2D eigenvalue weighted by Gasteiger charge is -2.35. The number of methoxy groups -OCH3 is 2. The van der Waals surface area contributed by atoms with Crippen molar-refractivity contribution in [3.05, 3.63) is 22.2 Å². The number of carbonyl (C=O) groups is 2. The molecule has 1 aliphatic heterocycles. The molecule has 1 fully saturated rings. The van der Waals surface area contributed by atoms with Crippen molar-refractivity contribution in [1.82, 2.24) is 9.80 Å². The van der Waals surface area contributed by atoms with Crippen molar-refractivity contribution in [2.75, 3.05) is 40.4 Å². The van der Waals surface area contributed by atoms with Gasteiger partial charge in [-0.25, -0.2) is 0 Å². The minimum absolute atomic E-state index is 0.0211. The maximum absolute atomic E-state index is 12.8. The van der Waals surface area contributed by atoms with Gasteiger partial charge in [0.25, 0.3) is 5.91 Å². The van der Waals surface area contributed by atoms with E-state index in [0.717, 1.165) is 0 Å². The molecule has 24 heavy (non-hydrogen) atoms. The molecule has 2 amide bonds. The van der Waals surface area contributed by atoms with Crippen LogP contribution in [0.15, 0.2) is 16.6 Å². The van der Waals surface area contributed by atoms with E-state index >= 15 is 0 Å². The second-order valence-electron chi connectivity index (χ2n) is 5.97. The molecule has 0 spiro atoms. The van der Waals surface area contributed by atoms with Crippen LogP contribution in [0.2, 0.25) is 0 Å². The van der Waals surface area contributed by atoms with Gasteiger partial charge in [0.15, 0.2) is 0 Å². The van der Waals surface area contributed by atoms with Gasteiger partial charge in [0.2, 0.25) is 5.91 Å². The van der Waals surface area contributed by atoms with Gasteiger partial charge in [-0.15, -0.1) is 0 Å². The Bertz CT molecular complexity index is 600. The molecule has 0 aromatic heterocycles. The third-order valence-electron chi connectivity index (χ3n) is 4.07. The largest absolute Gasteiger partial charge is 0.495 e. The molecule has 0 aliphatic carbocycles. The van der Waals surface area contributed by atoms with Crippen LogP contribution < -0.4 is 9.47 Å². The Hall–Kier alpha value is -1.76. The maximum Gasteiger partial charge on any atom is 0.254 e. The monoisotopic (exact) mass is 398 g/mol. The first-order valence-electron chi connectivity index (χ1n) is 7.88. The van der Waals surface area contributed by atoms with E-state index in [-0.39, 0.29) is 17.7 Å². The highest BCUT2D eigenvalue weighted by atomic mass is 79.9. The van der Waals surface area contributed by atoms with E-state index < -0.39 is 0 Å². The summed E-state index contributed by atoms with van der Waals surface area (Å²) in [6, 6.07) is 3.39. The number of nitrogens with zero attached hydrogens (tertiary/aromatic N) is 2. The second kappa shape index (κ2) is 7.88. The van der Waals surface area contributed by atoms with Crippen LogP contribution in [-0.4, -0.2) is 62.0 Å². The standard InChI is InChI=1S/C17H23BrN2O4/c1-11(2)16(21)19-5-7-20(8-6-19)17(22)12-9-13(23-3)15(18)14(10-12)24-4/h9-11H,5-8H2,1-4H3. The number of rotatable bonds is 4. The van der Waals surface area contributed by atoms with Crippen molar-refractivity contribution < 1.29 is 19.1 Å². The second-order valence-corrected chi connectivity index (χ2v) is 6.76. The first kappa shape index (κ1) is 18.6. The summed E-state index contributed by atoms with van der Waals surface area (Å²) in [6.45, 7) is 5.96. The fraction of sp³-hybridized carbons (Fsp3) is 0.529. The number of amides is 2. The van der Waals surface area contributed by atoms with Crippen molar-refractivity contribution >= 4 is 27.7 Å². The molecule has 1 aromatic carbocycles. The summed E-state index contributed by atoms with van der Waals surface area (Å²) in [6.07, 6.45) is 0. The number of carbonyl (C=O) groups excluding carboxylic acids is 2. The quantitative estimate of drug-likeness (QED) is 0.781. The first-order chi connectivity index (χ1) is 11.4. The van der Waals surface area contributed by atoms with Crippen LogP contribution in [0.25, 0.3) is 0 Å². The van der Waals surface area contributed by atoms with Crippen LogP contribution in [0, 0.1) is 5.92 Å². The van der Waals surface area contributed by atoms with Gasteiger partial charge in [0.1, 0.15) is 16.0 Å². The van der Waals surface area contributed by atoms with Gasteiger partial charge in [-0.05, 0) is 28.1 Å². The molecule has 0 atom stereocenters. The molecule has 1 aromatic rings. The van der Waals surface area contributed by atoms with Crippen LogP contribution in [0.5, 0.6) is 11.5 Å². The molecule has 6 nitrogen and oxygen atoms in total. The summed E-state index contributed by atoms with van der Waals surface area (Å²) >= 11 is 3.40. The number of benzene rings is 1. The van der Waals surface area contributed by atoms with E-state index in [1.165, 1.54) is 0 Å². The van der Waals surface area contributed by atoms with Gasteiger partial charge in [-0.2, -0.15) is 0 Å². The van der Waals surface area contributed by atoms with E-state index in [4.69, 9.17) is 9.47 Å². The average molecular weight is 399 g/mol. The molecule has 7 heteroatoms. The number of piperazine rings is 1. The summed E-state index contributed by atoms with van der Waals surface area (Å²) in [4.78, 5) is 28.4. The van der Waals surface area contributed by atoms with E-state index in [1.54, 1.807) is 31.3 Å². The minimum atomic E-state index is -0.0873. The third-order valence-corrected chi connectivity index (χ3v) is 4.85. The van der Waals surface area contributed by atoms with Gasteiger partial charge in [0, 0.05) is 37.7 Å². The Morgan fingerprint density at radius 3 is 1.88 bits per heavy atom. The normalized spacial score (nSPS) is 14.8. The lowest BCUT2D eigenvalue weighted by Crippen LogP contribution is -2.51. The zero-order valence-corrected chi connectivity index (χ0v) is 16.1.